The first-order chi connectivity index (χ1) is 21.3. The van der Waals surface area contributed by atoms with Crippen LogP contribution in [0.1, 0.15) is 44.1 Å². The second-order valence-electron chi connectivity index (χ2n) is 11.2. The fourth-order valence-corrected chi connectivity index (χ4v) is 6.39. The monoisotopic (exact) mass is 588 g/mol. The lowest BCUT2D eigenvalue weighted by atomic mass is 9.93. The highest BCUT2D eigenvalue weighted by Gasteiger charge is 2.37. The minimum Gasteiger partial charge on any atom is -0.337 e. The van der Waals surface area contributed by atoms with E-state index < -0.39 is 11.7 Å². The lowest BCUT2D eigenvalue weighted by molar-refractivity contribution is -0.137. The molecular formula is C37H27F3N2O2. The van der Waals surface area contributed by atoms with Crippen molar-refractivity contribution in [3.05, 3.63) is 149 Å². The van der Waals surface area contributed by atoms with Gasteiger partial charge in [-0.05, 0) is 81.3 Å². The lowest BCUT2D eigenvalue weighted by Gasteiger charge is -2.31. The van der Waals surface area contributed by atoms with Gasteiger partial charge in [-0.25, -0.2) is 0 Å². The van der Waals surface area contributed by atoms with Crippen LogP contribution in [-0.4, -0.2) is 23.3 Å². The molecule has 0 atom stereocenters. The molecule has 0 radical (unpaired) electrons. The summed E-state index contributed by atoms with van der Waals surface area (Å²) in [5, 5.41) is 2.96. The van der Waals surface area contributed by atoms with Gasteiger partial charge in [0.15, 0.2) is 0 Å². The number of fused-ring (bicyclic) bond motifs is 4. The summed E-state index contributed by atoms with van der Waals surface area (Å²) in [6.45, 7) is 1.06. The van der Waals surface area contributed by atoms with Crippen LogP contribution in [0.15, 0.2) is 115 Å². The molecule has 1 aliphatic carbocycles. The summed E-state index contributed by atoms with van der Waals surface area (Å²) in [6.07, 6.45) is -3.78. The van der Waals surface area contributed by atoms with Gasteiger partial charge in [0, 0.05) is 24.3 Å². The molecule has 0 saturated carbocycles. The molecule has 5 aromatic rings. The zero-order valence-electron chi connectivity index (χ0n) is 23.6. The molecule has 2 aliphatic rings. The third-order valence-electron chi connectivity index (χ3n) is 8.56. The van der Waals surface area contributed by atoms with E-state index in [1.165, 1.54) is 12.1 Å². The van der Waals surface area contributed by atoms with Crippen molar-refractivity contribution < 1.29 is 22.8 Å². The van der Waals surface area contributed by atoms with E-state index in [0.717, 1.165) is 45.5 Å². The molecule has 1 N–H and O–H groups in total. The molecule has 2 amide bonds. The molecule has 0 fully saturated rings. The van der Waals surface area contributed by atoms with Crippen LogP contribution in [0.4, 0.5) is 18.9 Å². The van der Waals surface area contributed by atoms with Crippen molar-refractivity contribution in [2.75, 3.05) is 11.9 Å². The molecule has 218 valence electrons. The van der Waals surface area contributed by atoms with Crippen LogP contribution in [-0.2, 0) is 23.9 Å². The van der Waals surface area contributed by atoms with Gasteiger partial charge in [0.05, 0.1) is 11.5 Å². The maximum absolute atomic E-state index is 13.9. The number of nitrogens with one attached hydrogen (secondary N) is 1. The number of carbonyl (C=O) groups is 2. The summed E-state index contributed by atoms with van der Waals surface area (Å²) in [5.74, 6) is -0.593. The van der Waals surface area contributed by atoms with Crippen molar-refractivity contribution in [3.63, 3.8) is 0 Å². The summed E-state index contributed by atoms with van der Waals surface area (Å²) < 4.78 is 39.1. The molecule has 0 spiro atoms. The molecule has 7 heteroatoms. The van der Waals surface area contributed by atoms with Gasteiger partial charge in [0.2, 0.25) is 5.91 Å². The Morgan fingerprint density at radius 3 is 1.98 bits per heavy atom. The van der Waals surface area contributed by atoms with Crippen LogP contribution in [0, 0.1) is 0 Å². The van der Waals surface area contributed by atoms with Gasteiger partial charge >= 0.3 is 6.18 Å². The first kappa shape index (κ1) is 27.7. The number of amides is 2. The highest BCUT2D eigenvalue weighted by atomic mass is 19.4. The van der Waals surface area contributed by atoms with E-state index in [4.69, 9.17) is 0 Å². The number of nitrogens with zero attached hydrogens (tertiary/aromatic N) is 1. The second-order valence-corrected chi connectivity index (χ2v) is 11.2. The Labute approximate surface area is 252 Å². The van der Waals surface area contributed by atoms with Crippen molar-refractivity contribution >= 4 is 17.5 Å². The molecule has 1 heterocycles. The van der Waals surface area contributed by atoms with Crippen molar-refractivity contribution in [2.45, 2.75) is 25.1 Å². The lowest BCUT2D eigenvalue weighted by Crippen LogP contribution is -2.39. The molecule has 44 heavy (non-hydrogen) atoms. The predicted octanol–water partition coefficient (Wildman–Crippen LogP) is 8.32. The molecular weight excluding hydrogens is 561 g/mol. The number of anilines is 1. The van der Waals surface area contributed by atoms with Crippen molar-refractivity contribution in [2.24, 2.45) is 0 Å². The van der Waals surface area contributed by atoms with Gasteiger partial charge in [-0.15, -0.1) is 0 Å². The van der Waals surface area contributed by atoms with Gasteiger partial charge in [-0.1, -0.05) is 84.9 Å². The van der Waals surface area contributed by atoms with Gasteiger partial charge in [0.1, 0.15) is 0 Å². The Kier molecular flexibility index (Phi) is 6.81. The number of alkyl halides is 3. The van der Waals surface area contributed by atoms with Crippen molar-refractivity contribution in [1.82, 2.24) is 4.90 Å². The quantitative estimate of drug-likeness (QED) is 0.230. The fraction of sp³-hybridized carbons (Fsp3) is 0.135. The zero-order valence-corrected chi connectivity index (χ0v) is 23.6. The van der Waals surface area contributed by atoms with E-state index in [0.29, 0.717) is 41.9 Å². The minimum atomic E-state index is -4.43. The molecule has 1 aliphatic heterocycles. The van der Waals surface area contributed by atoms with Crippen LogP contribution >= 0.6 is 0 Å². The predicted molar refractivity (Wildman–Crippen MR) is 164 cm³/mol. The second kappa shape index (κ2) is 10.8. The average molecular weight is 589 g/mol. The number of carbonyl (C=O) groups excluding carboxylic acids is 2. The Balaban J connectivity index is 1.08. The third kappa shape index (κ3) is 4.94. The summed E-state index contributed by atoms with van der Waals surface area (Å²) in [7, 11) is 0. The smallest absolute Gasteiger partial charge is 0.337 e. The largest absolute Gasteiger partial charge is 0.416 e. The average Bonchev–Trinajstić information content (AvgIpc) is 3.38. The van der Waals surface area contributed by atoms with E-state index in [-0.39, 0.29) is 17.7 Å². The molecule has 0 unspecified atom stereocenters. The van der Waals surface area contributed by atoms with Gasteiger partial charge in [-0.2, -0.15) is 13.2 Å². The summed E-state index contributed by atoms with van der Waals surface area (Å²) in [5.41, 5.74) is 7.70. The number of benzene rings is 5. The number of hydrogen-bond donors (Lipinski definition) is 1. The van der Waals surface area contributed by atoms with E-state index >= 15 is 0 Å². The van der Waals surface area contributed by atoms with Gasteiger partial charge < -0.3 is 10.2 Å². The maximum Gasteiger partial charge on any atom is 0.416 e. The number of halogens is 3. The van der Waals surface area contributed by atoms with Crippen LogP contribution < -0.4 is 5.32 Å². The number of rotatable bonds is 4. The first-order valence-corrected chi connectivity index (χ1v) is 14.4. The van der Waals surface area contributed by atoms with E-state index in [1.807, 2.05) is 59.5 Å². The van der Waals surface area contributed by atoms with Crippen molar-refractivity contribution in [1.29, 1.82) is 0 Å². The molecule has 0 saturated heterocycles. The first-order valence-electron chi connectivity index (χ1n) is 14.4. The SMILES string of the molecule is O=C(Nc1ccc2c(c1)CCN(C(=O)C1c3ccccc3-c3ccccc31)C2)c1ccccc1-c1ccc(C(F)(F)F)cc1. The molecule has 0 aromatic heterocycles. The maximum atomic E-state index is 13.9. The molecule has 5 aromatic carbocycles. The number of hydrogen-bond acceptors (Lipinski definition) is 2. The van der Waals surface area contributed by atoms with E-state index in [1.54, 1.807) is 24.3 Å². The van der Waals surface area contributed by atoms with Crippen molar-refractivity contribution in [3.8, 4) is 22.3 Å². The third-order valence-corrected chi connectivity index (χ3v) is 8.56. The summed E-state index contributed by atoms with van der Waals surface area (Å²) in [4.78, 5) is 29.2. The standard InChI is InChI=1S/C37H27F3N2O2/c38-37(39,40)26-16-13-23(14-17-26)28-7-1-6-12-33(28)35(43)41-27-18-15-25-22-42(20-19-24(25)21-27)36(44)34-31-10-4-2-8-29(31)30-9-3-5-11-32(30)34/h1-18,21,34H,19-20,22H2,(H,41,43). The summed E-state index contributed by atoms with van der Waals surface area (Å²) in [6, 6.07) is 33.6. The fourth-order valence-electron chi connectivity index (χ4n) is 6.39. The Hall–Kier alpha value is -5.17. The highest BCUT2D eigenvalue weighted by molar-refractivity contribution is 6.08. The molecule has 7 rings (SSSR count). The molecule has 4 nitrogen and oxygen atoms in total. The van der Waals surface area contributed by atoms with Crippen LogP contribution in [0.3, 0.4) is 0 Å². The topological polar surface area (TPSA) is 49.4 Å². The Morgan fingerprint density at radius 2 is 1.32 bits per heavy atom. The van der Waals surface area contributed by atoms with E-state index in [9.17, 15) is 22.8 Å². The zero-order chi connectivity index (χ0) is 30.4. The Morgan fingerprint density at radius 1 is 0.705 bits per heavy atom. The highest BCUT2D eigenvalue weighted by Crippen LogP contribution is 2.45. The van der Waals surface area contributed by atoms with Crippen LogP contribution in [0.2, 0.25) is 0 Å². The van der Waals surface area contributed by atoms with Crippen LogP contribution in [0.25, 0.3) is 22.3 Å². The minimum absolute atomic E-state index is 0.0882. The normalized spacial score (nSPS) is 14.0. The van der Waals surface area contributed by atoms with E-state index in [2.05, 4.69) is 17.4 Å². The van der Waals surface area contributed by atoms with Gasteiger partial charge in [0.25, 0.3) is 5.91 Å². The van der Waals surface area contributed by atoms with Crippen LogP contribution in [0.5, 0.6) is 0 Å². The summed E-state index contributed by atoms with van der Waals surface area (Å²) >= 11 is 0. The Bertz CT molecular complexity index is 1870. The van der Waals surface area contributed by atoms with Gasteiger partial charge in [-0.3, -0.25) is 9.59 Å². The molecule has 0 bridgehead atoms.